The zero-order valence-corrected chi connectivity index (χ0v) is 14.0. The van der Waals surface area contributed by atoms with Gasteiger partial charge in [0.25, 0.3) is 6.01 Å². The summed E-state index contributed by atoms with van der Waals surface area (Å²) in [4.78, 5) is 28.6. The Morgan fingerprint density at radius 3 is 2.68 bits per heavy atom. The number of fused-ring (bicyclic) bond motifs is 1. The molecule has 0 saturated heterocycles. The number of hydrogen-bond acceptors (Lipinski definition) is 6. The van der Waals surface area contributed by atoms with E-state index in [0.29, 0.717) is 17.3 Å². The molecule has 2 aromatic carbocycles. The fourth-order valence-electron chi connectivity index (χ4n) is 2.68. The van der Waals surface area contributed by atoms with Crippen LogP contribution in [0.25, 0.3) is 10.9 Å². The van der Waals surface area contributed by atoms with Crippen molar-refractivity contribution in [2.75, 3.05) is 12.4 Å². The number of nitrogens with one attached hydrogen (secondary N) is 1. The summed E-state index contributed by atoms with van der Waals surface area (Å²) in [5, 5.41) is 3.31. The minimum absolute atomic E-state index is 0.00516. The van der Waals surface area contributed by atoms with Crippen molar-refractivity contribution in [2.45, 2.75) is 19.4 Å². The van der Waals surface area contributed by atoms with Crippen LogP contribution in [0, 0.1) is 6.92 Å². The molecule has 0 saturated carbocycles. The van der Waals surface area contributed by atoms with E-state index in [4.69, 9.17) is 9.15 Å². The van der Waals surface area contributed by atoms with Crippen LogP contribution in [0.2, 0.25) is 0 Å². The monoisotopic (exact) mass is 338 g/mol. The van der Waals surface area contributed by atoms with Crippen LogP contribution in [0.1, 0.15) is 11.1 Å². The number of nitrogens with zero attached hydrogens (tertiary/aromatic N) is 1. The molecular weight excluding hydrogens is 320 g/mol. The number of anilines is 1. The van der Waals surface area contributed by atoms with E-state index in [0.717, 1.165) is 11.1 Å². The Labute approximate surface area is 144 Å². The van der Waals surface area contributed by atoms with E-state index in [1.165, 1.54) is 7.11 Å². The number of aryl methyl sites for hydroxylation is 1. The summed E-state index contributed by atoms with van der Waals surface area (Å²) in [6.45, 7) is 1.82. The number of benzene rings is 2. The lowest BCUT2D eigenvalue weighted by molar-refractivity contribution is -0.141. The second kappa shape index (κ2) is 7.17. The summed E-state index contributed by atoms with van der Waals surface area (Å²) in [5.41, 5.74) is 1.76. The molecule has 1 N–H and O–H groups in total. The Morgan fingerprint density at radius 2 is 1.96 bits per heavy atom. The summed E-state index contributed by atoms with van der Waals surface area (Å²) >= 11 is 0. The van der Waals surface area contributed by atoms with Crippen LogP contribution >= 0.6 is 0 Å². The molecule has 0 fully saturated rings. The molecule has 6 heteroatoms. The molecule has 25 heavy (non-hydrogen) atoms. The van der Waals surface area contributed by atoms with E-state index >= 15 is 0 Å². The number of methoxy groups -OCH3 is 1. The van der Waals surface area contributed by atoms with Crippen molar-refractivity contribution in [1.82, 2.24) is 4.98 Å². The van der Waals surface area contributed by atoms with Gasteiger partial charge < -0.3 is 14.5 Å². The van der Waals surface area contributed by atoms with Crippen molar-refractivity contribution in [3.8, 4) is 0 Å². The molecule has 0 aliphatic carbocycles. The first kappa shape index (κ1) is 16.7. The average Bonchev–Trinajstić information content (AvgIpc) is 2.61. The molecule has 3 rings (SSSR count). The number of carbonyl (C=O) groups is 1. The van der Waals surface area contributed by atoms with Crippen LogP contribution in [-0.4, -0.2) is 24.1 Å². The minimum atomic E-state index is -0.717. The molecule has 1 aromatic heterocycles. The zero-order chi connectivity index (χ0) is 17.8. The molecule has 1 heterocycles. The Balaban J connectivity index is 1.93. The summed E-state index contributed by atoms with van der Waals surface area (Å²) in [6, 6.07) is 14.1. The maximum Gasteiger partial charge on any atom is 0.348 e. The van der Waals surface area contributed by atoms with E-state index in [1.807, 2.05) is 49.4 Å². The number of carbonyl (C=O) groups excluding carboxylic acids is 1. The molecule has 128 valence electrons. The van der Waals surface area contributed by atoms with Crippen LogP contribution in [0.3, 0.4) is 0 Å². The fraction of sp³-hybridized carbons (Fsp3) is 0.211. The molecule has 1 unspecified atom stereocenters. The predicted octanol–water partition coefficient (Wildman–Crippen LogP) is 2.69. The molecule has 3 aromatic rings. The van der Waals surface area contributed by atoms with E-state index < -0.39 is 17.6 Å². The lowest BCUT2D eigenvalue weighted by Gasteiger charge is -2.16. The fourth-order valence-corrected chi connectivity index (χ4v) is 2.68. The van der Waals surface area contributed by atoms with Gasteiger partial charge in [-0.05, 0) is 24.1 Å². The summed E-state index contributed by atoms with van der Waals surface area (Å²) in [5.74, 6) is -0.461. The molecule has 0 aliphatic rings. The molecule has 0 aliphatic heterocycles. The van der Waals surface area contributed by atoms with Crippen LogP contribution in [0.15, 0.2) is 57.7 Å². The Morgan fingerprint density at radius 1 is 1.20 bits per heavy atom. The topological polar surface area (TPSA) is 81.4 Å². The number of hydrogen-bond donors (Lipinski definition) is 1. The van der Waals surface area contributed by atoms with Crippen molar-refractivity contribution in [1.29, 1.82) is 0 Å². The highest BCUT2D eigenvalue weighted by atomic mass is 16.5. The predicted molar refractivity (Wildman–Crippen MR) is 94.6 cm³/mol. The molecule has 1 atom stereocenters. The third-order valence-electron chi connectivity index (χ3n) is 3.93. The number of aromatic nitrogens is 1. The lowest BCUT2D eigenvalue weighted by atomic mass is 10.1. The first-order valence-electron chi connectivity index (χ1n) is 7.87. The van der Waals surface area contributed by atoms with Gasteiger partial charge in [0.2, 0.25) is 0 Å². The Hall–Kier alpha value is -3.15. The Bertz CT molecular complexity index is 951. The van der Waals surface area contributed by atoms with Crippen molar-refractivity contribution >= 4 is 22.9 Å². The normalized spacial score (nSPS) is 11.9. The third-order valence-corrected chi connectivity index (χ3v) is 3.93. The average molecular weight is 338 g/mol. The highest BCUT2D eigenvalue weighted by Crippen LogP contribution is 2.16. The highest BCUT2D eigenvalue weighted by Gasteiger charge is 2.22. The summed E-state index contributed by atoms with van der Waals surface area (Å²) in [6.07, 6.45) is 0.380. The quantitative estimate of drug-likeness (QED) is 0.720. The molecule has 0 amide bonds. The van der Waals surface area contributed by atoms with E-state index in [1.54, 1.807) is 6.07 Å². The number of esters is 1. The van der Waals surface area contributed by atoms with Crippen molar-refractivity contribution in [2.24, 2.45) is 0 Å². The van der Waals surface area contributed by atoms with Gasteiger partial charge in [0.1, 0.15) is 6.04 Å². The highest BCUT2D eigenvalue weighted by molar-refractivity contribution is 5.82. The molecule has 0 bridgehead atoms. The van der Waals surface area contributed by atoms with Gasteiger partial charge in [-0.2, -0.15) is 4.98 Å². The van der Waals surface area contributed by atoms with E-state index in [2.05, 4.69) is 10.3 Å². The van der Waals surface area contributed by atoms with Crippen LogP contribution < -0.4 is 10.9 Å². The van der Waals surface area contributed by atoms with Crippen LogP contribution in [-0.2, 0) is 16.0 Å². The van der Waals surface area contributed by atoms with E-state index in [-0.39, 0.29) is 6.01 Å². The van der Waals surface area contributed by atoms with Gasteiger partial charge in [0.05, 0.1) is 18.0 Å². The van der Waals surface area contributed by atoms with Gasteiger partial charge in [-0.1, -0.05) is 42.5 Å². The molecule has 0 radical (unpaired) electrons. The van der Waals surface area contributed by atoms with Gasteiger partial charge in [-0.15, -0.1) is 0 Å². The zero-order valence-electron chi connectivity index (χ0n) is 14.0. The van der Waals surface area contributed by atoms with Gasteiger partial charge in [-0.3, -0.25) is 0 Å². The number of rotatable bonds is 5. The maximum absolute atomic E-state index is 12.2. The first-order valence-corrected chi connectivity index (χ1v) is 7.87. The van der Waals surface area contributed by atoms with Gasteiger partial charge in [0.15, 0.2) is 0 Å². The number of ether oxygens (including phenoxy) is 1. The van der Waals surface area contributed by atoms with Gasteiger partial charge in [0, 0.05) is 6.42 Å². The van der Waals surface area contributed by atoms with Gasteiger partial charge in [-0.25, -0.2) is 9.59 Å². The smallest absolute Gasteiger partial charge is 0.348 e. The molecular formula is C19H18N2O4. The van der Waals surface area contributed by atoms with E-state index in [9.17, 15) is 9.59 Å². The Kier molecular flexibility index (Phi) is 4.79. The standard InChI is InChI=1S/C19H18N2O4/c1-12-7-6-10-14-16(12)18(23)25-19(20-14)21-15(17(22)24-2)11-13-8-4-3-5-9-13/h3-10,15H,11H2,1-2H3,(H,20,21). The first-order chi connectivity index (χ1) is 12.1. The summed E-state index contributed by atoms with van der Waals surface area (Å²) < 4.78 is 10.1. The van der Waals surface area contributed by atoms with Crippen molar-refractivity contribution in [3.05, 3.63) is 70.1 Å². The second-order valence-electron chi connectivity index (χ2n) is 5.69. The maximum atomic E-state index is 12.2. The molecule has 0 spiro atoms. The van der Waals surface area contributed by atoms with Crippen LogP contribution in [0.4, 0.5) is 6.01 Å². The SMILES string of the molecule is COC(=O)C(Cc1ccccc1)Nc1nc2cccc(C)c2c(=O)o1. The summed E-state index contributed by atoms with van der Waals surface area (Å²) in [7, 11) is 1.31. The van der Waals surface area contributed by atoms with Crippen LogP contribution in [0.5, 0.6) is 0 Å². The van der Waals surface area contributed by atoms with Crippen molar-refractivity contribution in [3.63, 3.8) is 0 Å². The molecule has 6 nitrogen and oxygen atoms in total. The third kappa shape index (κ3) is 3.68. The second-order valence-corrected chi connectivity index (χ2v) is 5.69. The van der Waals surface area contributed by atoms with Gasteiger partial charge >= 0.3 is 11.6 Å². The minimum Gasteiger partial charge on any atom is -0.467 e. The van der Waals surface area contributed by atoms with Crippen molar-refractivity contribution < 1.29 is 13.9 Å². The largest absolute Gasteiger partial charge is 0.467 e. The lowest BCUT2D eigenvalue weighted by Crippen LogP contribution is -2.33.